The number of hydrogen-bond acceptors (Lipinski definition) is 9. The van der Waals surface area contributed by atoms with Crippen LogP contribution >= 0.6 is 0 Å². The Bertz CT molecular complexity index is 1700. The number of ether oxygens (including phenoxy) is 1. The molecule has 0 radical (unpaired) electrons. The Morgan fingerprint density at radius 1 is 1.00 bits per heavy atom. The molecule has 11 nitrogen and oxygen atoms in total. The van der Waals surface area contributed by atoms with Crippen LogP contribution in [0.1, 0.15) is 23.2 Å². The number of fused-ring (bicyclic) bond motifs is 1. The number of halogens is 3. The van der Waals surface area contributed by atoms with Gasteiger partial charge < -0.3 is 24.7 Å². The third-order valence-electron chi connectivity index (χ3n) is 7.87. The summed E-state index contributed by atoms with van der Waals surface area (Å²) in [4.78, 5) is 38.0. The minimum absolute atomic E-state index is 0.00516. The smallest absolute Gasteiger partial charge is 0.493 e. The Labute approximate surface area is 257 Å². The van der Waals surface area contributed by atoms with E-state index in [0.29, 0.717) is 22.4 Å². The van der Waals surface area contributed by atoms with E-state index >= 15 is 0 Å². The molecule has 14 heteroatoms. The second-order valence-corrected chi connectivity index (χ2v) is 11.2. The van der Waals surface area contributed by atoms with Crippen LogP contribution in [-0.2, 0) is 9.63 Å². The lowest BCUT2D eigenvalue weighted by Gasteiger charge is -2.34. The van der Waals surface area contributed by atoms with Crippen molar-refractivity contribution >= 4 is 34.8 Å². The second-order valence-electron chi connectivity index (χ2n) is 11.2. The van der Waals surface area contributed by atoms with Gasteiger partial charge in [0.05, 0.1) is 19.3 Å². The molecule has 3 heterocycles. The molecular formula is C31H32F3N7O4. The lowest BCUT2D eigenvalue weighted by atomic mass is 10.1. The quantitative estimate of drug-likeness (QED) is 0.278. The summed E-state index contributed by atoms with van der Waals surface area (Å²) in [5.41, 5.74) is 4.01. The van der Waals surface area contributed by atoms with Gasteiger partial charge in [-0.05, 0) is 67.8 Å². The average Bonchev–Trinajstić information content (AvgIpc) is 3.76. The predicted molar refractivity (Wildman–Crippen MR) is 160 cm³/mol. The third kappa shape index (κ3) is 6.95. The summed E-state index contributed by atoms with van der Waals surface area (Å²) in [7, 11) is 3.74. The van der Waals surface area contributed by atoms with Crippen LogP contribution < -0.4 is 15.0 Å². The van der Waals surface area contributed by atoms with Crippen LogP contribution in [0.2, 0.25) is 0 Å². The van der Waals surface area contributed by atoms with Gasteiger partial charge in [0.25, 0.3) is 5.91 Å². The highest BCUT2D eigenvalue weighted by Gasteiger charge is 2.44. The summed E-state index contributed by atoms with van der Waals surface area (Å²) in [6.07, 6.45) is -1.92. The van der Waals surface area contributed by atoms with Crippen LogP contribution in [0.3, 0.4) is 0 Å². The summed E-state index contributed by atoms with van der Waals surface area (Å²) < 4.78 is 45.6. The normalized spacial score (nSPS) is 15.6. The standard InChI is InChI=1S/C31H32F3N7O4/c1-38-13-15-39(16-14-38)24-10-11-25(26(17-24)44-2)35-30-36-27-12-9-23(19-40(27)37-30)21-5-7-22(8-6-21)28(42)41(18-20-3-4-20)45-29(43)31(32,33)34/h5-12,17,19-20H,3-4,13-16,18H2,1-2H3,(H,35,37). The lowest BCUT2D eigenvalue weighted by Crippen LogP contribution is -2.44. The molecule has 1 saturated heterocycles. The van der Waals surface area contributed by atoms with E-state index in [2.05, 4.69) is 37.1 Å². The van der Waals surface area contributed by atoms with Gasteiger partial charge in [0.1, 0.15) is 5.75 Å². The zero-order valence-corrected chi connectivity index (χ0v) is 24.8. The number of nitrogens with one attached hydrogen (secondary N) is 1. The predicted octanol–water partition coefficient (Wildman–Crippen LogP) is 4.77. The highest BCUT2D eigenvalue weighted by atomic mass is 19.4. The highest BCUT2D eigenvalue weighted by molar-refractivity contribution is 5.95. The molecule has 0 bridgehead atoms. The number of hydrogen-bond donors (Lipinski definition) is 1. The second kappa shape index (κ2) is 12.3. The fraction of sp³-hybridized carbons (Fsp3) is 0.355. The Kier molecular flexibility index (Phi) is 8.23. The average molecular weight is 624 g/mol. The van der Waals surface area contributed by atoms with Crippen molar-refractivity contribution in [2.45, 2.75) is 19.0 Å². The van der Waals surface area contributed by atoms with E-state index in [1.165, 1.54) is 12.1 Å². The highest BCUT2D eigenvalue weighted by Crippen LogP contribution is 2.33. The number of amides is 1. The van der Waals surface area contributed by atoms with Crippen molar-refractivity contribution in [2.24, 2.45) is 5.92 Å². The maximum Gasteiger partial charge on any atom is 0.493 e. The number of nitrogens with zero attached hydrogens (tertiary/aromatic N) is 6. The molecule has 1 N–H and O–H groups in total. The van der Waals surface area contributed by atoms with Crippen LogP contribution in [0.25, 0.3) is 16.8 Å². The number of piperazine rings is 1. The van der Waals surface area contributed by atoms with Crippen molar-refractivity contribution in [3.8, 4) is 16.9 Å². The minimum Gasteiger partial charge on any atom is -0.494 e. The van der Waals surface area contributed by atoms with E-state index in [4.69, 9.17) is 4.74 Å². The van der Waals surface area contributed by atoms with Gasteiger partial charge in [-0.2, -0.15) is 23.2 Å². The van der Waals surface area contributed by atoms with E-state index in [0.717, 1.165) is 61.5 Å². The van der Waals surface area contributed by atoms with Gasteiger partial charge in [0.15, 0.2) is 5.65 Å². The Morgan fingerprint density at radius 2 is 1.71 bits per heavy atom. The molecular weight excluding hydrogens is 591 g/mol. The lowest BCUT2D eigenvalue weighted by molar-refractivity contribution is -0.229. The van der Waals surface area contributed by atoms with Crippen LogP contribution in [0.4, 0.5) is 30.5 Å². The molecule has 2 aromatic carbocycles. The van der Waals surface area contributed by atoms with E-state index in [9.17, 15) is 22.8 Å². The molecule has 2 aromatic heterocycles. The third-order valence-corrected chi connectivity index (χ3v) is 7.87. The maximum absolute atomic E-state index is 12.9. The number of hydroxylamine groups is 2. The summed E-state index contributed by atoms with van der Waals surface area (Å²) in [6.45, 7) is 3.79. The Balaban J connectivity index is 1.16. The maximum atomic E-state index is 12.9. The van der Waals surface area contributed by atoms with Gasteiger partial charge in [0.2, 0.25) is 5.95 Å². The number of benzene rings is 2. The molecule has 6 rings (SSSR count). The van der Waals surface area contributed by atoms with Crippen LogP contribution in [0.15, 0.2) is 60.8 Å². The molecule has 0 unspecified atom stereocenters. The molecule has 1 amide bonds. The van der Waals surface area contributed by atoms with E-state index < -0.39 is 18.1 Å². The summed E-state index contributed by atoms with van der Waals surface area (Å²) in [6, 6.07) is 15.9. The first-order valence-electron chi connectivity index (χ1n) is 14.5. The molecule has 45 heavy (non-hydrogen) atoms. The van der Waals surface area contributed by atoms with Crippen molar-refractivity contribution in [1.29, 1.82) is 0 Å². The summed E-state index contributed by atoms with van der Waals surface area (Å²) >= 11 is 0. The fourth-order valence-electron chi connectivity index (χ4n) is 5.07. The monoisotopic (exact) mass is 623 g/mol. The number of pyridine rings is 1. The zero-order valence-electron chi connectivity index (χ0n) is 24.8. The van der Waals surface area contributed by atoms with Crippen LogP contribution in [0, 0.1) is 5.92 Å². The molecule has 0 atom stereocenters. The number of rotatable bonds is 8. The molecule has 1 aliphatic carbocycles. The number of carbonyl (C=O) groups excluding carboxylic acids is 2. The fourth-order valence-corrected chi connectivity index (χ4v) is 5.07. The molecule has 1 aliphatic heterocycles. The van der Waals surface area contributed by atoms with Gasteiger partial charge in [-0.15, -0.1) is 5.10 Å². The van der Waals surface area contributed by atoms with E-state index in [1.807, 2.05) is 24.3 Å². The van der Waals surface area contributed by atoms with E-state index in [-0.39, 0.29) is 18.0 Å². The van der Waals surface area contributed by atoms with Crippen molar-refractivity contribution in [3.63, 3.8) is 0 Å². The number of aromatic nitrogens is 3. The van der Waals surface area contributed by atoms with Crippen molar-refractivity contribution < 1.29 is 32.3 Å². The van der Waals surface area contributed by atoms with Crippen LogP contribution in [0.5, 0.6) is 5.75 Å². The Morgan fingerprint density at radius 3 is 2.38 bits per heavy atom. The number of alkyl halides is 3. The number of likely N-dealkylation sites (N-methyl/N-ethyl adjacent to an activating group) is 1. The first kappa shape index (κ1) is 30.2. The topological polar surface area (TPSA) is 105 Å². The van der Waals surface area contributed by atoms with Crippen molar-refractivity contribution in [1.82, 2.24) is 24.6 Å². The van der Waals surface area contributed by atoms with Gasteiger partial charge in [-0.1, -0.05) is 12.1 Å². The van der Waals surface area contributed by atoms with Gasteiger partial charge >= 0.3 is 12.1 Å². The molecule has 1 saturated carbocycles. The molecule has 2 aliphatic rings. The molecule has 4 aromatic rings. The molecule has 236 valence electrons. The van der Waals surface area contributed by atoms with Gasteiger partial charge in [-0.3, -0.25) is 4.79 Å². The van der Waals surface area contributed by atoms with Crippen LogP contribution in [-0.4, -0.2) is 89.5 Å². The van der Waals surface area contributed by atoms with Crippen molar-refractivity contribution in [2.75, 3.05) is 57.1 Å². The largest absolute Gasteiger partial charge is 0.494 e. The molecule has 2 fully saturated rings. The summed E-state index contributed by atoms with van der Waals surface area (Å²) in [5.74, 6) is -2.19. The zero-order chi connectivity index (χ0) is 31.7. The molecule has 0 spiro atoms. The summed E-state index contributed by atoms with van der Waals surface area (Å²) in [5, 5.41) is 8.31. The number of methoxy groups -OCH3 is 1. The Hall–Kier alpha value is -4.85. The van der Waals surface area contributed by atoms with Gasteiger partial charge in [0, 0.05) is 55.3 Å². The van der Waals surface area contributed by atoms with Crippen molar-refractivity contribution in [3.05, 3.63) is 66.4 Å². The minimum atomic E-state index is -5.21. The van der Waals surface area contributed by atoms with E-state index in [1.54, 1.807) is 36.0 Å². The number of anilines is 3. The first-order chi connectivity index (χ1) is 21.6. The number of carbonyl (C=O) groups is 2. The first-order valence-corrected chi connectivity index (χ1v) is 14.5. The van der Waals surface area contributed by atoms with Gasteiger partial charge in [-0.25, -0.2) is 9.31 Å². The SMILES string of the molecule is COc1cc(N2CCN(C)CC2)ccc1Nc1nc2ccc(-c3ccc(C(=O)N(CC4CC4)OC(=O)C(F)(F)F)cc3)cn2n1.